The van der Waals surface area contributed by atoms with E-state index in [-0.39, 0.29) is 62.3 Å². The fourth-order valence-electron chi connectivity index (χ4n) is 13.0. The van der Waals surface area contributed by atoms with E-state index in [1.807, 2.05) is 19.1 Å². The summed E-state index contributed by atoms with van der Waals surface area (Å²) >= 11 is 0. The van der Waals surface area contributed by atoms with Crippen molar-refractivity contribution < 1.29 is 109 Å². The van der Waals surface area contributed by atoms with Crippen molar-refractivity contribution in [1.29, 1.82) is 0 Å². The highest BCUT2D eigenvalue weighted by atomic mass is 32.2. The van der Waals surface area contributed by atoms with Crippen LogP contribution in [-0.2, 0) is 104 Å². The van der Waals surface area contributed by atoms with Crippen LogP contribution in [0.2, 0.25) is 0 Å². The number of carboxylic acid groups (broad SMARTS) is 2. The van der Waals surface area contributed by atoms with Crippen molar-refractivity contribution in [2.24, 2.45) is 5.73 Å². The fourth-order valence-corrected chi connectivity index (χ4v) is 13.7. The number of aryl methyl sites for hydroxylation is 2. The highest BCUT2D eigenvalue weighted by molar-refractivity contribution is 7.88. The molecule has 0 saturated carbocycles. The zero-order valence-electron chi connectivity index (χ0n) is 65.4. The topological polar surface area (TPSA) is 562 Å². The van der Waals surface area contributed by atoms with E-state index in [9.17, 15) is 95.6 Å². The molecule has 0 radical (unpaired) electrons. The molecule has 4 aromatic carbocycles. The van der Waals surface area contributed by atoms with E-state index in [1.165, 1.54) is 69.4 Å². The first-order chi connectivity index (χ1) is 55.2. The summed E-state index contributed by atoms with van der Waals surface area (Å²) < 4.78 is 67.8. The molecule has 0 unspecified atom stereocenters. The zero-order chi connectivity index (χ0) is 86.2. The number of hydrogen-bond donors (Lipinski definition) is 17. The summed E-state index contributed by atoms with van der Waals surface area (Å²) in [7, 11) is -2.48. The zero-order valence-corrected chi connectivity index (χ0v) is 66.2. The van der Waals surface area contributed by atoms with E-state index in [1.54, 1.807) is 37.3 Å². The molecule has 0 bridgehead atoms. The number of nitrogens with zero attached hydrogens (tertiary/aromatic N) is 3. The Labute approximate surface area is 671 Å². The summed E-state index contributed by atoms with van der Waals surface area (Å²) in [5.74, 6) is -16.4. The standard InChI is InChI=1S/C77H98F2N16O21S/c1-9-45-31-51(115-7)20-21-52(45)46-17-15-44(16-18-46)30-56(68(105)86-54(66(80)103)25-28-116-60-23-19-48(78)29-41(60)2)87-70(107)58(34-63(101)102)88-69(106)57(32-49-36-81-39-84-49)89-71(108)64(42(3)96)92-74(111)76(5,35-47-13-10-11-14-53(47)79)93-72(109)65(43(4)97)91-61(98)38-83-67(104)55(22-24-62(99)100)90-75(112)77(6)26-12-27-95(77)73(110)59(94-117(8,113)114)33-50-37-82-40-85-50/h10-11,13-21,23,29,31,36-37,39-40,42-43,54-59,64-65,94,96-97H,9,12,22,24-28,30,32-35,38H2,1-8H3,(H2,80,103)(H,81,84)(H,82,85)(H,83,104)(H,86,105)(H,87,107)(H,88,106)(H,89,108)(H,90,112)(H,91,98)(H,92,111)(H,93,109)(H,99,100)(H,101,102)/t42-,43-,54+,55+,56+,57+,58+,59+,64+,65+,76-,77-/m1/s1. The van der Waals surface area contributed by atoms with Crippen LogP contribution in [0.15, 0.2) is 110 Å². The second-order valence-corrected chi connectivity index (χ2v) is 30.4. The van der Waals surface area contributed by atoms with Crippen molar-refractivity contribution in [2.45, 2.75) is 184 Å². The van der Waals surface area contributed by atoms with E-state index < -0.39 is 209 Å². The van der Waals surface area contributed by atoms with Gasteiger partial charge in [0.25, 0.3) is 0 Å². The van der Waals surface area contributed by atoms with Gasteiger partial charge in [0.05, 0.1) is 69.2 Å². The Bertz CT molecular complexity index is 4670. The third kappa shape index (κ3) is 26.6. The number of methoxy groups -OCH3 is 1. The molecule has 1 aliphatic rings. The number of aliphatic carboxylic acids is 2. The number of H-pyrrole nitrogens is 2. The van der Waals surface area contributed by atoms with Gasteiger partial charge >= 0.3 is 11.9 Å². The number of halogens is 2. The molecule has 12 atom stereocenters. The molecule has 1 aliphatic heterocycles. The number of rotatable bonds is 44. The van der Waals surface area contributed by atoms with Crippen LogP contribution in [0, 0.1) is 18.6 Å². The summed E-state index contributed by atoms with van der Waals surface area (Å²) in [4.78, 5) is 196. The van der Waals surface area contributed by atoms with Crippen LogP contribution in [0.1, 0.15) is 107 Å². The van der Waals surface area contributed by atoms with Gasteiger partial charge in [0.1, 0.15) is 82.5 Å². The number of primary amides is 1. The molecule has 2 aromatic heterocycles. The Kier molecular flexibility index (Phi) is 32.8. The molecule has 0 aliphatic carbocycles. The van der Waals surface area contributed by atoms with Gasteiger partial charge in [-0.15, -0.1) is 0 Å². The largest absolute Gasteiger partial charge is 0.497 e. The number of amides is 11. The molecular formula is C77H98F2N16O21S. The van der Waals surface area contributed by atoms with Crippen molar-refractivity contribution >= 4 is 86.9 Å². The van der Waals surface area contributed by atoms with Gasteiger partial charge in [0.2, 0.25) is 75.0 Å². The first-order valence-electron chi connectivity index (χ1n) is 37.2. The lowest BCUT2D eigenvalue weighted by molar-refractivity contribution is -0.146. The maximum atomic E-state index is 15.7. The van der Waals surface area contributed by atoms with Crippen molar-refractivity contribution in [3.8, 4) is 22.6 Å². The number of sulfonamides is 1. The number of aliphatic hydroxyl groups is 2. The summed E-state index contributed by atoms with van der Waals surface area (Å²) in [6.07, 6.45) is -1.40. The second-order valence-electron chi connectivity index (χ2n) is 28.7. The van der Waals surface area contributed by atoms with Crippen LogP contribution >= 0.6 is 0 Å². The maximum absolute atomic E-state index is 15.7. The van der Waals surface area contributed by atoms with Crippen molar-refractivity contribution in [3.63, 3.8) is 0 Å². The van der Waals surface area contributed by atoms with Crippen LogP contribution in [0.3, 0.4) is 0 Å². The van der Waals surface area contributed by atoms with E-state index in [0.717, 1.165) is 60.7 Å². The minimum absolute atomic E-state index is 0.000186. The summed E-state index contributed by atoms with van der Waals surface area (Å²) in [5, 5.41) is 63.4. The summed E-state index contributed by atoms with van der Waals surface area (Å²) in [5.41, 5.74) is 5.12. The number of carbonyl (C=O) groups is 13. The molecule has 1 saturated heterocycles. The normalized spacial score (nSPS) is 16.4. The van der Waals surface area contributed by atoms with E-state index in [2.05, 4.69) is 72.5 Å². The third-order valence-corrected chi connectivity index (χ3v) is 20.1. The lowest BCUT2D eigenvalue weighted by atomic mass is 9.90. The lowest BCUT2D eigenvalue weighted by Crippen LogP contribution is -2.67. The number of aromatic amines is 2. The Morgan fingerprint density at radius 1 is 0.684 bits per heavy atom. The molecule has 40 heteroatoms. The Morgan fingerprint density at radius 2 is 1.28 bits per heavy atom. The molecule has 3 heterocycles. The second kappa shape index (κ2) is 41.8. The molecule has 117 heavy (non-hydrogen) atoms. The number of carboxylic acids is 2. The molecule has 37 nitrogen and oxygen atoms in total. The number of nitrogens with two attached hydrogens (primary N) is 1. The SMILES string of the molecule is CCc1cc(OC)ccc1-c1ccc(C[C@H](NC(=O)[C@H](CC(=O)O)NC(=O)[C@H](Cc2c[nH]cn2)NC(=O)[C@@H](NC(=O)[C@@](C)(Cc2ccccc2F)NC(=O)[C@@H](NC(=O)CNC(=O)[C@H](CCC(=O)O)NC(=O)[C@@]2(C)CCCN2C(=O)[C@H](Cc2c[nH]cn2)NS(C)(=O)=O)[C@@H](C)O)[C@@H](C)O)C(=O)N[C@@H](CCOc2ccc(F)cc2C)C(N)=O)cc1. The molecule has 11 amide bonds. The summed E-state index contributed by atoms with van der Waals surface area (Å²) in [6.45, 7) is 6.71. The number of aromatic nitrogens is 4. The van der Waals surface area contributed by atoms with Crippen molar-refractivity contribution in [2.75, 3.05) is 33.1 Å². The van der Waals surface area contributed by atoms with Crippen molar-refractivity contribution in [3.05, 3.63) is 155 Å². The number of carbonyl (C=O) groups excluding carboxylic acids is 11. The van der Waals surface area contributed by atoms with Crippen LogP contribution in [0.4, 0.5) is 8.78 Å². The van der Waals surface area contributed by atoms with Gasteiger partial charge in [-0.2, -0.15) is 0 Å². The smallest absolute Gasteiger partial charge is 0.305 e. The van der Waals surface area contributed by atoms with E-state index >= 15 is 4.39 Å². The number of benzene rings is 4. The minimum atomic E-state index is -4.02. The van der Waals surface area contributed by atoms with Gasteiger partial charge in [0, 0.05) is 57.5 Å². The van der Waals surface area contributed by atoms with Crippen LogP contribution in [0.25, 0.3) is 11.1 Å². The quantitative estimate of drug-likeness (QED) is 0.0217. The monoisotopic (exact) mass is 1650 g/mol. The average molecular weight is 1650 g/mol. The first kappa shape index (κ1) is 91.9. The number of aliphatic hydroxyl groups excluding tert-OH is 2. The highest BCUT2D eigenvalue weighted by Gasteiger charge is 2.49. The Morgan fingerprint density at radius 3 is 1.85 bits per heavy atom. The van der Waals surface area contributed by atoms with Gasteiger partial charge in [-0.3, -0.25) is 62.3 Å². The van der Waals surface area contributed by atoms with Gasteiger partial charge in [-0.05, 0) is 130 Å². The third-order valence-electron chi connectivity index (χ3n) is 19.4. The van der Waals surface area contributed by atoms with Crippen molar-refractivity contribution in [1.82, 2.24) is 77.4 Å². The van der Waals surface area contributed by atoms with Gasteiger partial charge < -0.3 is 98.4 Å². The molecule has 6 aromatic rings. The highest BCUT2D eigenvalue weighted by Crippen LogP contribution is 2.32. The van der Waals surface area contributed by atoms with Gasteiger partial charge in [-0.1, -0.05) is 55.5 Å². The predicted octanol–water partition coefficient (Wildman–Crippen LogP) is -1.03. The number of nitrogens with one attached hydrogen (secondary N) is 12. The number of ether oxygens (including phenoxy) is 2. The summed E-state index contributed by atoms with van der Waals surface area (Å²) in [6, 6.07) is 6.62. The lowest BCUT2D eigenvalue weighted by Gasteiger charge is -2.37. The number of hydrogen-bond acceptors (Lipinski definition) is 21. The maximum Gasteiger partial charge on any atom is 0.305 e. The van der Waals surface area contributed by atoms with Gasteiger partial charge in [0.15, 0.2) is 0 Å². The predicted molar refractivity (Wildman–Crippen MR) is 413 cm³/mol. The average Bonchev–Trinajstić information content (AvgIpc) is 1.65. The Hall–Kier alpha value is -12.3. The van der Waals surface area contributed by atoms with E-state index in [0.29, 0.717) is 29.0 Å². The van der Waals surface area contributed by atoms with Crippen LogP contribution in [-0.4, -0.2) is 235 Å². The molecule has 7 rings (SSSR count). The first-order valence-corrected chi connectivity index (χ1v) is 39.0. The minimum Gasteiger partial charge on any atom is -0.497 e. The molecular weight excluding hydrogens is 1560 g/mol. The Balaban J connectivity index is 1.08. The van der Waals surface area contributed by atoms with E-state index in [4.69, 9.17) is 15.2 Å². The fraction of sp³-hybridized carbons (Fsp3) is 0.442. The number of likely N-dealkylation sites (tertiary alicyclic amines) is 1. The van der Waals surface area contributed by atoms with Gasteiger partial charge in [-0.25, -0.2) is 31.9 Å². The van der Waals surface area contributed by atoms with Crippen LogP contribution < -0.4 is 67.8 Å². The molecule has 1 fully saturated rings. The van der Waals surface area contributed by atoms with Crippen LogP contribution in [0.5, 0.6) is 11.5 Å². The molecule has 0 spiro atoms. The molecule has 632 valence electrons. The molecule has 18 N–H and O–H groups in total. The number of imidazole rings is 2.